The Morgan fingerprint density at radius 2 is 1.08 bits per heavy atom. The second kappa shape index (κ2) is 18.7. The molecule has 11 rings (SSSR count). The van der Waals surface area contributed by atoms with Gasteiger partial charge in [-0.15, -0.1) is 0 Å². The molecule has 0 atom stereocenters. The topological polar surface area (TPSA) is 33.5 Å². The normalized spacial score (nSPS) is 14.9. The minimum absolute atomic E-state index is 0.0577. The Hall–Kier alpha value is -7.89. The van der Waals surface area contributed by atoms with Gasteiger partial charge in [0.15, 0.2) is 0 Å². The summed E-state index contributed by atoms with van der Waals surface area (Å²) in [6.45, 7) is 25.1. The van der Waals surface area contributed by atoms with Gasteiger partial charge in [-0.2, -0.15) is 0 Å². The van der Waals surface area contributed by atoms with E-state index in [0.29, 0.717) is 23.7 Å². The molecule has 0 aliphatic carbocycles. The Morgan fingerprint density at radius 3 is 1.74 bits per heavy atom. The molecule has 5 heteroatoms. The maximum absolute atomic E-state index is 8.76. The monoisotopic (exact) mass is 1000 g/mol. The van der Waals surface area contributed by atoms with E-state index in [1.807, 2.05) is 65.2 Å². The summed E-state index contributed by atoms with van der Waals surface area (Å²) in [4.78, 5) is 9.65. The number of aryl methyl sites for hydroxylation is 1. The quantitative estimate of drug-likeness (QED) is 0.152. The Morgan fingerprint density at radius 1 is 0.461 bits per heavy atom. The van der Waals surface area contributed by atoms with E-state index in [4.69, 9.17) is 20.7 Å². The third-order valence-electron chi connectivity index (χ3n) is 14.9. The molecule has 5 nitrogen and oxygen atoms in total. The molecule has 1 aliphatic rings. The van der Waals surface area contributed by atoms with Crippen LogP contribution >= 0.6 is 0 Å². The first kappa shape index (κ1) is 41.4. The number of hydrogen-bond donors (Lipinski definition) is 0. The lowest BCUT2D eigenvalue weighted by Crippen LogP contribution is -2.25. The summed E-state index contributed by atoms with van der Waals surface area (Å²) in [6.07, 6.45) is 1.31. The van der Waals surface area contributed by atoms with Crippen LogP contribution in [-0.2, 0) is 21.7 Å². The van der Waals surface area contributed by atoms with Crippen molar-refractivity contribution < 1.29 is 15.7 Å². The molecule has 0 saturated heterocycles. The van der Waals surface area contributed by atoms with Gasteiger partial charge in [-0.3, -0.25) is 4.57 Å². The second-order valence-corrected chi connectivity index (χ2v) is 24.6. The van der Waals surface area contributed by atoms with Gasteiger partial charge in [0, 0.05) is 50.2 Å². The molecule has 8 aromatic carbocycles. The second-order valence-electron chi connectivity index (χ2n) is 24.6. The van der Waals surface area contributed by atoms with Crippen molar-refractivity contribution in [3.8, 4) is 50.7 Å². The van der Waals surface area contributed by atoms with E-state index < -0.39 is 37.1 Å². The van der Waals surface area contributed by atoms with Crippen LogP contribution in [0, 0.1) is 6.85 Å². The van der Waals surface area contributed by atoms with Gasteiger partial charge < -0.3 is 14.5 Å². The van der Waals surface area contributed by atoms with Crippen LogP contribution in [0.15, 0.2) is 188 Å². The third-order valence-corrected chi connectivity index (χ3v) is 14.9. The highest BCUT2D eigenvalue weighted by Crippen LogP contribution is 2.49. The Kier molecular flexibility index (Phi) is 10.2. The van der Waals surface area contributed by atoms with E-state index in [9.17, 15) is 0 Å². The minimum Gasteiger partial charge on any atom is -0.457 e. The maximum Gasteiger partial charge on any atom is 0.137 e. The molecular weight excluding hydrogens is 925 g/mol. The van der Waals surface area contributed by atoms with Crippen molar-refractivity contribution in [2.24, 2.45) is 0 Å². The number of benzene rings is 8. The maximum atomic E-state index is 8.76. The van der Waals surface area contributed by atoms with Gasteiger partial charge >= 0.3 is 0 Å². The molecular formula is C71H72N4O. The van der Waals surface area contributed by atoms with Crippen molar-refractivity contribution in [3.05, 3.63) is 216 Å². The summed E-state index contributed by atoms with van der Waals surface area (Å²) in [6, 6.07) is 50.1. The first-order chi connectivity index (χ1) is 39.3. The molecule has 0 radical (unpaired) electrons. The number of fused-ring (bicyclic) bond motifs is 4. The zero-order valence-corrected chi connectivity index (χ0v) is 45.9. The summed E-state index contributed by atoms with van der Waals surface area (Å²) in [5.41, 5.74) is 14.4. The van der Waals surface area contributed by atoms with Crippen LogP contribution in [0.3, 0.4) is 0 Å². The van der Waals surface area contributed by atoms with Crippen molar-refractivity contribution in [3.63, 3.8) is 0 Å². The molecule has 3 heterocycles. The molecule has 0 fully saturated rings. The number of hydrogen-bond acceptors (Lipinski definition) is 4. The van der Waals surface area contributed by atoms with Crippen molar-refractivity contribution in [2.75, 3.05) is 16.5 Å². The van der Waals surface area contributed by atoms with Crippen LogP contribution in [-0.4, -0.2) is 16.2 Å². The van der Waals surface area contributed by atoms with Crippen molar-refractivity contribution in [1.82, 2.24) is 9.55 Å². The van der Waals surface area contributed by atoms with E-state index in [-0.39, 0.29) is 44.2 Å². The fourth-order valence-corrected chi connectivity index (χ4v) is 10.3. The van der Waals surface area contributed by atoms with Crippen LogP contribution in [0.25, 0.3) is 61.0 Å². The van der Waals surface area contributed by atoms with Gasteiger partial charge in [0.1, 0.15) is 24.0 Å². The number of ether oxygens (including phenoxy) is 1. The van der Waals surface area contributed by atoms with Crippen molar-refractivity contribution in [2.45, 2.75) is 112 Å². The van der Waals surface area contributed by atoms with Gasteiger partial charge in [-0.25, -0.2) is 4.98 Å². The summed E-state index contributed by atoms with van der Waals surface area (Å²) >= 11 is 0. The lowest BCUT2D eigenvalue weighted by atomic mass is 9.79. The molecule has 0 unspecified atom stereocenters. The highest BCUT2D eigenvalue weighted by atomic mass is 16.5. The van der Waals surface area contributed by atoms with E-state index in [0.717, 1.165) is 55.7 Å². The van der Waals surface area contributed by atoms with Crippen LogP contribution < -0.4 is 14.5 Å². The molecule has 1 aliphatic heterocycles. The number of anilines is 4. The van der Waals surface area contributed by atoms with E-state index in [1.54, 1.807) is 0 Å². The number of pyridine rings is 1. The summed E-state index contributed by atoms with van der Waals surface area (Å²) < 4.78 is 77.5. The van der Waals surface area contributed by atoms with Crippen molar-refractivity contribution >= 4 is 44.6 Å². The standard InChI is InChI=1S/C71H72N4O/c1-46-33-67(72-44-62(46)48-23-18-15-19-24-48)75-63-31-27-49(47-21-16-14-17-22-47)36-61(63)60-30-29-59(43-65(60)75)76-58-26-20-25-56(42-58)73-45-74(57-40-54(70(8,9)10)39-55(41-57)71(11,12)13)64-32-28-50(37-66(64)73)51-34-52(68(2,3)4)38-53(35-51)69(5,6)7/h14-44H,45H2,1-13H3/i1D3,15D,18D,19D,23D,24D. The first-order valence-corrected chi connectivity index (χ1v) is 26.4. The highest BCUT2D eigenvalue weighted by molar-refractivity contribution is 6.11. The van der Waals surface area contributed by atoms with E-state index in [2.05, 4.69) is 178 Å². The lowest BCUT2D eigenvalue weighted by Gasteiger charge is -2.29. The van der Waals surface area contributed by atoms with E-state index in [1.165, 1.54) is 40.1 Å². The molecule has 2 aromatic heterocycles. The fourth-order valence-electron chi connectivity index (χ4n) is 10.3. The smallest absolute Gasteiger partial charge is 0.137 e. The van der Waals surface area contributed by atoms with E-state index >= 15 is 0 Å². The SMILES string of the molecule is [2H]c1c([2H])c([2H])c(-c2cnc(-n3c4ccc(-c5ccccc5)cc4c4ccc(Oc5cccc(N6CN(c7cc(C(C)(C)C)cc(C(C)(C)C)c7)c7ccc(-c8cc(C(C)(C)C)cc(C(C)(C)C)c8)cc76)c5)cc43)cc2C([2H])([2H])[2H])c([2H])c1[2H]. The largest absolute Gasteiger partial charge is 0.457 e. The fraction of sp³-hybridized carbons (Fsp3) is 0.254. The molecule has 76 heavy (non-hydrogen) atoms. The average molecular weight is 1010 g/mol. The molecule has 10 aromatic rings. The summed E-state index contributed by atoms with van der Waals surface area (Å²) in [5.74, 6) is 1.41. The van der Waals surface area contributed by atoms with Crippen LogP contribution in [0.5, 0.6) is 11.5 Å². The molecule has 382 valence electrons. The van der Waals surface area contributed by atoms with Gasteiger partial charge in [0.2, 0.25) is 0 Å². The van der Waals surface area contributed by atoms with Crippen LogP contribution in [0.4, 0.5) is 22.7 Å². The summed E-state index contributed by atoms with van der Waals surface area (Å²) in [5, 5.41) is 1.76. The predicted molar refractivity (Wildman–Crippen MR) is 323 cm³/mol. The molecule has 0 amide bonds. The minimum atomic E-state index is -2.76. The van der Waals surface area contributed by atoms with Crippen molar-refractivity contribution in [1.29, 1.82) is 0 Å². The van der Waals surface area contributed by atoms with Gasteiger partial charge in [-0.1, -0.05) is 186 Å². The Labute approximate surface area is 462 Å². The van der Waals surface area contributed by atoms with Crippen LogP contribution in [0.1, 0.15) is 122 Å². The van der Waals surface area contributed by atoms with Gasteiger partial charge in [0.25, 0.3) is 0 Å². The van der Waals surface area contributed by atoms with Gasteiger partial charge in [0.05, 0.1) is 29.3 Å². The first-order valence-electron chi connectivity index (χ1n) is 30.4. The zero-order chi connectivity index (χ0) is 60.3. The zero-order valence-electron chi connectivity index (χ0n) is 53.9. The Balaban J connectivity index is 1.04. The Bertz CT molecular complexity index is 4160. The molecule has 0 bridgehead atoms. The van der Waals surface area contributed by atoms with Crippen LogP contribution in [0.2, 0.25) is 0 Å². The van der Waals surface area contributed by atoms with Gasteiger partial charge in [-0.05, 0) is 151 Å². The average Bonchev–Trinajstić information content (AvgIpc) is 1.61. The molecule has 0 spiro atoms. The number of nitrogens with zero attached hydrogens (tertiary/aromatic N) is 4. The number of rotatable bonds is 8. The predicted octanol–water partition coefficient (Wildman–Crippen LogP) is 19.7. The molecule has 0 N–H and O–H groups in total. The number of aromatic nitrogens is 2. The lowest BCUT2D eigenvalue weighted by molar-refractivity contribution is 0.483. The highest BCUT2D eigenvalue weighted by Gasteiger charge is 2.32. The molecule has 0 saturated carbocycles. The third kappa shape index (κ3) is 9.69. The summed E-state index contributed by atoms with van der Waals surface area (Å²) in [7, 11) is 0.